The quantitative estimate of drug-likeness (QED) is 0.689. The van der Waals surface area contributed by atoms with Crippen molar-refractivity contribution in [1.29, 1.82) is 5.41 Å². The summed E-state index contributed by atoms with van der Waals surface area (Å²) in [6.45, 7) is 0.842. The van der Waals surface area contributed by atoms with Crippen LogP contribution in [0.1, 0.15) is 12.5 Å². The van der Waals surface area contributed by atoms with E-state index in [9.17, 15) is 4.39 Å². The van der Waals surface area contributed by atoms with Gasteiger partial charge in [-0.05, 0) is 24.6 Å². The van der Waals surface area contributed by atoms with Crippen molar-refractivity contribution < 1.29 is 9.13 Å². The van der Waals surface area contributed by atoms with Gasteiger partial charge in [0.25, 0.3) is 0 Å². The molecule has 0 saturated carbocycles. The summed E-state index contributed by atoms with van der Waals surface area (Å²) in [6, 6.07) is 6.82. The van der Waals surface area contributed by atoms with E-state index in [0.717, 1.165) is 5.56 Å². The average Bonchev–Trinajstić information content (AvgIpc) is 2.05. The summed E-state index contributed by atoms with van der Waals surface area (Å²) in [5, 5.41) is 7.31. The molecule has 1 aromatic rings. The number of hydrogen-bond donors (Lipinski definition) is 1. The highest BCUT2D eigenvalue weighted by atomic mass is 19.1. The Morgan fingerprint density at radius 2 is 2.33 bits per heavy atom. The van der Waals surface area contributed by atoms with Gasteiger partial charge in [-0.3, -0.25) is 0 Å². The zero-order chi connectivity index (χ0) is 8.97. The third-order valence-corrected chi connectivity index (χ3v) is 1.49. The fourth-order valence-electron chi connectivity index (χ4n) is 0.882. The predicted octanol–water partition coefficient (Wildman–Crippen LogP) is 2.38. The Morgan fingerprint density at radius 1 is 1.58 bits per heavy atom. The Kier molecular flexibility index (Phi) is 2.80. The molecule has 2 nitrogen and oxygen atoms in total. The minimum Gasteiger partial charge on any atom is -0.463 e. The molecule has 0 bridgehead atoms. The van der Waals surface area contributed by atoms with Gasteiger partial charge in [0.05, 0.1) is 0 Å². The van der Waals surface area contributed by atoms with Crippen LogP contribution in [0, 0.1) is 5.41 Å². The summed E-state index contributed by atoms with van der Waals surface area (Å²) in [6.07, 6.45) is 0. The van der Waals surface area contributed by atoms with Crippen molar-refractivity contribution in [1.82, 2.24) is 0 Å². The topological polar surface area (TPSA) is 33.1 Å². The summed E-state index contributed by atoms with van der Waals surface area (Å²) >= 11 is 0. The third kappa shape index (κ3) is 2.05. The van der Waals surface area contributed by atoms with E-state index < -0.39 is 6.86 Å². The van der Waals surface area contributed by atoms with E-state index in [-0.39, 0.29) is 0 Å². The van der Waals surface area contributed by atoms with Crippen LogP contribution >= 0.6 is 0 Å². The maximum atomic E-state index is 11.7. The van der Waals surface area contributed by atoms with Gasteiger partial charge in [0.1, 0.15) is 5.75 Å². The maximum absolute atomic E-state index is 11.7. The molecule has 0 fully saturated rings. The molecular weight excluding hydrogens is 157 g/mol. The minimum atomic E-state index is -0.833. The van der Waals surface area contributed by atoms with Crippen molar-refractivity contribution in [2.45, 2.75) is 6.92 Å². The van der Waals surface area contributed by atoms with Crippen LogP contribution < -0.4 is 4.74 Å². The first-order chi connectivity index (χ1) is 5.74. The molecule has 0 amide bonds. The van der Waals surface area contributed by atoms with E-state index in [4.69, 9.17) is 5.41 Å². The Balaban J connectivity index is 2.88. The second kappa shape index (κ2) is 3.85. The number of halogens is 1. The highest BCUT2D eigenvalue weighted by Gasteiger charge is 1.97. The van der Waals surface area contributed by atoms with Crippen molar-refractivity contribution in [3.63, 3.8) is 0 Å². The van der Waals surface area contributed by atoms with Crippen LogP contribution in [0.2, 0.25) is 0 Å². The lowest BCUT2D eigenvalue weighted by Gasteiger charge is -2.02. The Labute approximate surface area is 70.5 Å². The molecule has 1 rings (SSSR count). The highest BCUT2D eigenvalue weighted by molar-refractivity contribution is 5.96. The first-order valence-electron chi connectivity index (χ1n) is 3.58. The molecule has 0 saturated heterocycles. The molecule has 64 valence electrons. The molecule has 1 aromatic carbocycles. The van der Waals surface area contributed by atoms with Crippen molar-refractivity contribution >= 4 is 5.71 Å². The van der Waals surface area contributed by atoms with Crippen molar-refractivity contribution in [3.05, 3.63) is 29.8 Å². The van der Waals surface area contributed by atoms with Crippen LogP contribution in [0.5, 0.6) is 5.75 Å². The highest BCUT2D eigenvalue weighted by Crippen LogP contribution is 2.13. The van der Waals surface area contributed by atoms with Crippen LogP contribution in [0.25, 0.3) is 0 Å². The van der Waals surface area contributed by atoms with E-state index in [2.05, 4.69) is 4.74 Å². The molecule has 0 aliphatic carbocycles. The molecule has 0 spiro atoms. The van der Waals surface area contributed by atoms with E-state index >= 15 is 0 Å². The largest absolute Gasteiger partial charge is 0.463 e. The number of nitrogens with one attached hydrogen (secondary N) is 1. The summed E-state index contributed by atoms with van der Waals surface area (Å²) in [4.78, 5) is 0. The van der Waals surface area contributed by atoms with Crippen LogP contribution in [0.15, 0.2) is 24.3 Å². The summed E-state index contributed by atoms with van der Waals surface area (Å²) < 4.78 is 16.4. The van der Waals surface area contributed by atoms with Gasteiger partial charge in [0, 0.05) is 5.71 Å². The molecule has 1 N–H and O–H groups in total. The van der Waals surface area contributed by atoms with Gasteiger partial charge in [0.2, 0.25) is 6.86 Å². The molecule has 0 heterocycles. The number of rotatable bonds is 3. The molecular formula is C9H10FNO. The summed E-state index contributed by atoms with van der Waals surface area (Å²) in [7, 11) is 0. The van der Waals surface area contributed by atoms with Gasteiger partial charge in [-0.25, -0.2) is 4.39 Å². The van der Waals surface area contributed by atoms with Gasteiger partial charge >= 0.3 is 0 Å². The molecule has 12 heavy (non-hydrogen) atoms. The zero-order valence-electron chi connectivity index (χ0n) is 6.80. The Hall–Kier alpha value is -1.38. The fraction of sp³-hybridized carbons (Fsp3) is 0.222. The van der Waals surface area contributed by atoms with Gasteiger partial charge in [-0.15, -0.1) is 0 Å². The molecule has 0 aromatic heterocycles. The van der Waals surface area contributed by atoms with E-state index in [1.54, 1.807) is 31.2 Å². The smallest absolute Gasteiger partial charge is 0.228 e. The lowest BCUT2D eigenvalue weighted by molar-refractivity contribution is 0.192. The van der Waals surface area contributed by atoms with Gasteiger partial charge in [0.15, 0.2) is 0 Å². The monoisotopic (exact) mass is 167 g/mol. The minimum absolute atomic E-state index is 0.444. The van der Waals surface area contributed by atoms with Crippen LogP contribution in [0.4, 0.5) is 4.39 Å². The SMILES string of the molecule is CC(=N)c1cccc(OCF)c1. The second-order valence-corrected chi connectivity index (χ2v) is 2.41. The number of alkyl halides is 1. The van der Waals surface area contributed by atoms with Gasteiger partial charge < -0.3 is 10.1 Å². The van der Waals surface area contributed by atoms with E-state index in [1.165, 1.54) is 0 Å². The number of hydrogen-bond acceptors (Lipinski definition) is 2. The van der Waals surface area contributed by atoms with Gasteiger partial charge in [-0.2, -0.15) is 0 Å². The maximum Gasteiger partial charge on any atom is 0.228 e. The number of ether oxygens (including phenoxy) is 1. The average molecular weight is 167 g/mol. The zero-order valence-corrected chi connectivity index (χ0v) is 6.80. The predicted molar refractivity (Wildman–Crippen MR) is 45.5 cm³/mol. The lowest BCUT2D eigenvalue weighted by atomic mass is 10.1. The molecule has 0 atom stereocenters. The molecule has 0 unspecified atom stereocenters. The molecule has 3 heteroatoms. The van der Waals surface area contributed by atoms with Gasteiger partial charge in [-0.1, -0.05) is 12.1 Å². The normalized spacial score (nSPS) is 9.50. The second-order valence-electron chi connectivity index (χ2n) is 2.41. The standard InChI is InChI=1S/C9H10FNO/c1-7(11)8-3-2-4-9(5-8)12-6-10/h2-5,11H,6H2,1H3. The van der Waals surface area contributed by atoms with Crippen LogP contribution in [0.3, 0.4) is 0 Å². The van der Waals surface area contributed by atoms with E-state index in [0.29, 0.717) is 11.5 Å². The fourth-order valence-corrected chi connectivity index (χ4v) is 0.882. The summed E-state index contributed by atoms with van der Waals surface area (Å²) in [5.41, 5.74) is 1.19. The number of benzene rings is 1. The van der Waals surface area contributed by atoms with Crippen molar-refractivity contribution in [2.75, 3.05) is 6.86 Å². The molecule has 0 aliphatic heterocycles. The first kappa shape index (κ1) is 8.71. The molecule has 0 radical (unpaired) electrons. The van der Waals surface area contributed by atoms with Crippen LogP contribution in [-0.2, 0) is 0 Å². The van der Waals surface area contributed by atoms with Crippen molar-refractivity contribution in [3.8, 4) is 5.75 Å². The van der Waals surface area contributed by atoms with Crippen molar-refractivity contribution in [2.24, 2.45) is 0 Å². The Bertz CT molecular complexity index is 286. The lowest BCUT2D eigenvalue weighted by Crippen LogP contribution is -1.94. The van der Waals surface area contributed by atoms with E-state index in [1.807, 2.05) is 0 Å². The third-order valence-electron chi connectivity index (χ3n) is 1.49. The Morgan fingerprint density at radius 3 is 2.92 bits per heavy atom. The summed E-state index contributed by atoms with van der Waals surface area (Å²) in [5.74, 6) is 0.460. The van der Waals surface area contributed by atoms with Crippen LogP contribution in [-0.4, -0.2) is 12.6 Å². The first-order valence-corrected chi connectivity index (χ1v) is 3.58. The molecule has 0 aliphatic rings.